The van der Waals surface area contributed by atoms with Crippen molar-refractivity contribution in [3.63, 3.8) is 0 Å². The Morgan fingerprint density at radius 2 is 1.47 bits per heavy atom. The van der Waals surface area contributed by atoms with Gasteiger partial charge in [0.2, 0.25) is 0 Å². The number of esters is 1. The van der Waals surface area contributed by atoms with Crippen molar-refractivity contribution in [1.29, 1.82) is 0 Å². The topological polar surface area (TPSA) is 26.3 Å². The monoisotopic (exact) mass is 238 g/mol. The van der Waals surface area contributed by atoms with Crippen molar-refractivity contribution < 1.29 is 9.53 Å². The Labute approximate surface area is 106 Å². The Morgan fingerprint density at radius 3 is 2.00 bits per heavy atom. The molecule has 98 valence electrons. The van der Waals surface area contributed by atoms with Gasteiger partial charge in [0.15, 0.2) is 0 Å². The summed E-state index contributed by atoms with van der Waals surface area (Å²) in [5.41, 5.74) is 0. The summed E-state index contributed by atoms with van der Waals surface area (Å²) in [5, 5.41) is 0. The third-order valence-electron chi connectivity index (χ3n) is 2.67. The second kappa shape index (κ2) is 13.1. The minimum Gasteiger partial charge on any atom is -0.372 e. The lowest BCUT2D eigenvalue weighted by atomic mass is 10.1. The highest BCUT2D eigenvalue weighted by Crippen LogP contribution is 2.10. The molecule has 0 radical (unpaired) electrons. The maximum Gasteiger partial charge on any atom is 0.316 e. The van der Waals surface area contributed by atoms with Crippen LogP contribution in [0.3, 0.4) is 0 Å². The second-order valence-electron chi connectivity index (χ2n) is 4.45. The zero-order valence-electron chi connectivity index (χ0n) is 11.4. The van der Waals surface area contributed by atoms with Crippen LogP contribution in [0.2, 0.25) is 0 Å². The van der Waals surface area contributed by atoms with Gasteiger partial charge in [-0.1, -0.05) is 64.2 Å². The van der Waals surface area contributed by atoms with Crippen molar-refractivity contribution >= 4 is 5.97 Å². The molecule has 0 aliphatic rings. The van der Waals surface area contributed by atoms with Gasteiger partial charge in [0, 0.05) is 13.3 Å². The SMILES string of the molecule is CCCCCCCCCCCC#COC(C)=O. The first-order valence-corrected chi connectivity index (χ1v) is 6.92. The lowest BCUT2D eigenvalue weighted by molar-refractivity contribution is -0.134. The first-order chi connectivity index (χ1) is 8.27. The molecule has 0 rings (SSSR count). The van der Waals surface area contributed by atoms with Gasteiger partial charge in [-0.05, 0) is 6.42 Å². The van der Waals surface area contributed by atoms with Crippen LogP contribution in [0.4, 0.5) is 0 Å². The van der Waals surface area contributed by atoms with Crippen LogP contribution in [0.25, 0.3) is 0 Å². The van der Waals surface area contributed by atoms with Crippen LogP contribution < -0.4 is 0 Å². The standard InChI is InChI=1S/C15H26O2/c1-3-4-5-6-7-8-9-10-11-12-13-14-17-15(2)16/h3-12H2,1-2H3. The maximum absolute atomic E-state index is 10.4. The Kier molecular flexibility index (Phi) is 12.3. The lowest BCUT2D eigenvalue weighted by Crippen LogP contribution is -1.89. The molecule has 0 fully saturated rings. The molecule has 0 N–H and O–H groups in total. The van der Waals surface area contributed by atoms with E-state index in [2.05, 4.69) is 23.7 Å². The third kappa shape index (κ3) is 15.0. The van der Waals surface area contributed by atoms with Crippen molar-refractivity contribution in [3.8, 4) is 12.0 Å². The van der Waals surface area contributed by atoms with E-state index in [9.17, 15) is 4.79 Å². The molecule has 2 heteroatoms. The van der Waals surface area contributed by atoms with E-state index in [0.29, 0.717) is 0 Å². The maximum atomic E-state index is 10.4. The summed E-state index contributed by atoms with van der Waals surface area (Å²) in [6, 6.07) is 0. The Bertz CT molecular complexity index is 235. The van der Waals surface area contributed by atoms with Gasteiger partial charge in [0.05, 0.1) is 0 Å². The normalized spacial score (nSPS) is 9.53. The van der Waals surface area contributed by atoms with E-state index >= 15 is 0 Å². The minimum atomic E-state index is -0.329. The number of carbonyl (C=O) groups is 1. The molecule has 0 unspecified atom stereocenters. The molecular weight excluding hydrogens is 212 g/mol. The summed E-state index contributed by atoms with van der Waals surface area (Å²) in [4.78, 5) is 10.4. The summed E-state index contributed by atoms with van der Waals surface area (Å²) in [5.74, 6) is 2.51. The summed E-state index contributed by atoms with van der Waals surface area (Å²) < 4.78 is 4.52. The number of rotatable bonds is 9. The van der Waals surface area contributed by atoms with Gasteiger partial charge >= 0.3 is 5.97 Å². The molecule has 0 aliphatic carbocycles. The average Bonchev–Trinajstić information content (AvgIpc) is 2.30. The van der Waals surface area contributed by atoms with Crippen LogP contribution in [0.5, 0.6) is 0 Å². The summed E-state index contributed by atoms with van der Waals surface area (Å²) >= 11 is 0. The largest absolute Gasteiger partial charge is 0.372 e. The minimum absolute atomic E-state index is 0.329. The Hall–Kier alpha value is -0.970. The number of hydrogen-bond acceptors (Lipinski definition) is 2. The first-order valence-electron chi connectivity index (χ1n) is 6.92. The van der Waals surface area contributed by atoms with Crippen LogP contribution in [0.15, 0.2) is 0 Å². The molecule has 2 nitrogen and oxygen atoms in total. The fourth-order valence-corrected chi connectivity index (χ4v) is 1.68. The average molecular weight is 238 g/mol. The van der Waals surface area contributed by atoms with Crippen LogP contribution in [0, 0.1) is 12.0 Å². The molecule has 0 spiro atoms. The molecule has 0 aromatic carbocycles. The molecule has 0 amide bonds. The van der Waals surface area contributed by atoms with Crippen LogP contribution in [-0.4, -0.2) is 5.97 Å². The molecule has 0 atom stereocenters. The summed E-state index contributed by atoms with van der Waals surface area (Å²) in [7, 11) is 0. The van der Waals surface area contributed by atoms with E-state index in [1.807, 2.05) is 0 Å². The molecule has 0 saturated heterocycles. The molecule has 0 heterocycles. The van der Waals surface area contributed by atoms with E-state index < -0.39 is 0 Å². The highest BCUT2D eigenvalue weighted by atomic mass is 16.5. The van der Waals surface area contributed by atoms with Crippen molar-refractivity contribution in [2.75, 3.05) is 0 Å². The predicted octanol–water partition coefficient (Wildman–Crippen LogP) is 4.43. The van der Waals surface area contributed by atoms with Crippen molar-refractivity contribution in [2.45, 2.75) is 78.1 Å². The van der Waals surface area contributed by atoms with E-state index in [0.717, 1.165) is 12.8 Å². The van der Waals surface area contributed by atoms with Gasteiger partial charge in [-0.25, -0.2) is 0 Å². The molecule has 17 heavy (non-hydrogen) atoms. The van der Waals surface area contributed by atoms with Crippen molar-refractivity contribution in [3.05, 3.63) is 0 Å². The van der Waals surface area contributed by atoms with Gasteiger partial charge in [0.25, 0.3) is 0 Å². The highest BCUT2D eigenvalue weighted by molar-refractivity contribution is 5.67. The fourth-order valence-electron chi connectivity index (χ4n) is 1.68. The Morgan fingerprint density at radius 1 is 0.941 bits per heavy atom. The molecule has 0 saturated carbocycles. The predicted molar refractivity (Wildman–Crippen MR) is 71.4 cm³/mol. The molecule has 0 aromatic heterocycles. The number of carbonyl (C=O) groups excluding carboxylic acids is 1. The molecular formula is C15H26O2. The quantitative estimate of drug-likeness (QED) is 0.337. The van der Waals surface area contributed by atoms with E-state index in [4.69, 9.17) is 0 Å². The molecule has 0 bridgehead atoms. The summed E-state index contributed by atoms with van der Waals surface area (Å²) in [6.07, 6.45) is 15.1. The zero-order valence-corrected chi connectivity index (χ0v) is 11.4. The van der Waals surface area contributed by atoms with Gasteiger partial charge in [-0.15, -0.1) is 0 Å². The first kappa shape index (κ1) is 16.0. The Balaban J connectivity index is 3.07. The summed E-state index contributed by atoms with van der Waals surface area (Å²) in [6.45, 7) is 3.62. The highest BCUT2D eigenvalue weighted by Gasteiger charge is 1.91. The van der Waals surface area contributed by atoms with E-state index in [1.165, 1.54) is 58.3 Å². The van der Waals surface area contributed by atoms with Crippen molar-refractivity contribution in [1.82, 2.24) is 0 Å². The van der Waals surface area contributed by atoms with Crippen LogP contribution in [0.1, 0.15) is 78.1 Å². The van der Waals surface area contributed by atoms with Crippen molar-refractivity contribution in [2.24, 2.45) is 0 Å². The fraction of sp³-hybridized carbons (Fsp3) is 0.800. The van der Waals surface area contributed by atoms with Gasteiger partial charge in [-0.3, -0.25) is 4.79 Å². The van der Waals surface area contributed by atoms with Crippen LogP contribution in [-0.2, 0) is 9.53 Å². The van der Waals surface area contributed by atoms with Gasteiger partial charge in [-0.2, -0.15) is 0 Å². The molecule has 0 aliphatic heterocycles. The smallest absolute Gasteiger partial charge is 0.316 e. The lowest BCUT2D eigenvalue weighted by Gasteiger charge is -1.99. The van der Waals surface area contributed by atoms with Gasteiger partial charge in [0.1, 0.15) is 6.11 Å². The van der Waals surface area contributed by atoms with Crippen LogP contribution >= 0.6 is 0 Å². The van der Waals surface area contributed by atoms with E-state index in [1.54, 1.807) is 0 Å². The number of unbranched alkanes of at least 4 members (excludes halogenated alkanes) is 9. The number of hydrogen-bond donors (Lipinski definition) is 0. The molecule has 0 aromatic rings. The zero-order chi connectivity index (χ0) is 12.8. The van der Waals surface area contributed by atoms with E-state index in [-0.39, 0.29) is 5.97 Å². The third-order valence-corrected chi connectivity index (χ3v) is 2.67. The second-order valence-corrected chi connectivity index (χ2v) is 4.45. The number of ether oxygens (including phenoxy) is 1. The van der Waals surface area contributed by atoms with Gasteiger partial charge < -0.3 is 4.74 Å².